The van der Waals surface area contributed by atoms with Crippen LogP contribution in [0.1, 0.15) is 149 Å². The van der Waals surface area contributed by atoms with Crippen LogP contribution < -0.4 is 11.1 Å². The Morgan fingerprint density at radius 3 is 1.87 bits per heavy atom. The number of allylic oxidation sites excluding steroid dienone is 5. The van der Waals surface area contributed by atoms with Crippen molar-refractivity contribution in [1.82, 2.24) is 5.32 Å². The molecule has 270 valence electrons. The summed E-state index contributed by atoms with van der Waals surface area (Å²) in [6.45, 7) is 3.83. The van der Waals surface area contributed by atoms with Crippen LogP contribution in [0.5, 0.6) is 0 Å². The van der Waals surface area contributed by atoms with Gasteiger partial charge in [-0.3, -0.25) is 13.8 Å². The molecule has 0 bridgehead atoms. The van der Waals surface area contributed by atoms with Crippen LogP contribution in [-0.4, -0.2) is 59.0 Å². The molecule has 0 fully saturated rings. The van der Waals surface area contributed by atoms with E-state index in [0.29, 0.717) is 12.8 Å². The van der Waals surface area contributed by atoms with Crippen LogP contribution in [0, 0.1) is 0 Å². The zero-order valence-corrected chi connectivity index (χ0v) is 30.1. The van der Waals surface area contributed by atoms with Gasteiger partial charge in [-0.1, -0.05) is 127 Å². The molecular weight excluding hydrogens is 603 g/mol. The lowest BCUT2D eigenvalue weighted by Crippen LogP contribution is -2.46. The van der Waals surface area contributed by atoms with Crippen molar-refractivity contribution in [2.24, 2.45) is 5.73 Å². The van der Waals surface area contributed by atoms with Crippen molar-refractivity contribution in [3.8, 4) is 0 Å². The first-order valence-electron chi connectivity index (χ1n) is 18.2. The minimum atomic E-state index is -4.39. The summed E-state index contributed by atoms with van der Waals surface area (Å²) >= 11 is 0. The highest BCUT2D eigenvalue weighted by Gasteiger charge is 2.27. The number of aliphatic hydroxyl groups excluding tert-OH is 2. The van der Waals surface area contributed by atoms with Crippen LogP contribution in [0.3, 0.4) is 0 Å². The van der Waals surface area contributed by atoms with E-state index in [9.17, 15) is 24.5 Å². The SMILES string of the molecule is CCCC/C=C/CC/C=C/C(O)C(COP(=O)(O)OCCN)NC(=O)CC(O)CCCCC/C=C\CCCCCCCCCCC. The molecule has 10 heteroatoms. The van der Waals surface area contributed by atoms with Crippen molar-refractivity contribution >= 4 is 13.7 Å². The van der Waals surface area contributed by atoms with E-state index in [1.54, 1.807) is 12.2 Å². The van der Waals surface area contributed by atoms with Gasteiger partial charge in [0.1, 0.15) is 0 Å². The minimum absolute atomic E-state index is 0.0420. The topological polar surface area (TPSA) is 151 Å². The van der Waals surface area contributed by atoms with Crippen LogP contribution in [0.4, 0.5) is 0 Å². The second kappa shape index (κ2) is 32.2. The number of carbonyl (C=O) groups excluding carboxylic acids is 1. The molecule has 0 aromatic rings. The maximum Gasteiger partial charge on any atom is 0.472 e. The molecule has 46 heavy (non-hydrogen) atoms. The first-order chi connectivity index (χ1) is 22.3. The molecule has 0 aromatic carbocycles. The van der Waals surface area contributed by atoms with Crippen LogP contribution in [0.2, 0.25) is 0 Å². The van der Waals surface area contributed by atoms with Gasteiger partial charge in [0.15, 0.2) is 0 Å². The van der Waals surface area contributed by atoms with Crippen LogP contribution >= 0.6 is 7.82 Å². The Bertz CT molecular complexity index is 837. The number of hydrogen-bond acceptors (Lipinski definition) is 7. The summed E-state index contributed by atoms with van der Waals surface area (Å²) in [7, 11) is -4.39. The highest BCUT2D eigenvalue weighted by Crippen LogP contribution is 2.43. The van der Waals surface area contributed by atoms with Gasteiger partial charge in [-0.25, -0.2) is 4.57 Å². The number of nitrogens with one attached hydrogen (secondary N) is 1. The maximum atomic E-state index is 12.7. The summed E-state index contributed by atoms with van der Waals surface area (Å²) in [5, 5.41) is 23.8. The molecule has 0 heterocycles. The lowest BCUT2D eigenvalue weighted by Gasteiger charge is -2.24. The van der Waals surface area contributed by atoms with Gasteiger partial charge in [-0.15, -0.1) is 0 Å². The summed E-state index contributed by atoms with van der Waals surface area (Å²) < 4.78 is 21.9. The third-order valence-electron chi connectivity index (χ3n) is 7.74. The van der Waals surface area contributed by atoms with Gasteiger partial charge in [0, 0.05) is 6.54 Å². The number of amides is 1. The molecule has 6 N–H and O–H groups in total. The van der Waals surface area contributed by atoms with Gasteiger partial charge in [-0.2, -0.15) is 0 Å². The van der Waals surface area contributed by atoms with Crippen molar-refractivity contribution in [1.29, 1.82) is 0 Å². The Balaban J connectivity index is 4.38. The van der Waals surface area contributed by atoms with Crippen molar-refractivity contribution in [3.05, 3.63) is 36.5 Å². The molecule has 4 atom stereocenters. The van der Waals surface area contributed by atoms with Gasteiger partial charge in [0.2, 0.25) is 5.91 Å². The number of carbonyl (C=O) groups is 1. The van der Waals surface area contributed by atoms with Crippen LogP contribution in [0.15, 0.2) is 36.5 Å². The zero-order chi connectivity index (χ0) is 34.1. The van der Waals surface area contributed by atoms with Gasteiger partial charge in [-0.05, 0) is 51.4 Å². The normalized spacial score (nSPS) is 15.5. The lowest BCUT2D eigenvalue weighted by molar-refractivity contribution is -0.124. The second-order valence-corrected chi connectivity index (χ2v) is 13.7. The molecule has 0 saturated heterocycles. The predicted octanol–water partition coefficient (Wildman–Crippen LogP) is 8.19. The molecule has 0 spiro atoms. The standard InChI is InChI=1S/C36H69N2O7P/c1-3-5-7-9-11-13-14-15-16-17-18-19-20-21-23-25-27-33(39)31-36(41)38-34(32-45-46(42,43)44-30-29-37)35(40)28-26-24-22-12-10-8-6-4-2/h10,12,18-19,26,28,33-35,39-40H,3-9,11,13-17,20-25,27,29-32,37H2,1-2H3,(H,38,41)(H,42,43)/b12-10+,19-18-,28-26+. The van der Waals surface area contributed by atoms with E-state index in [1.807, 2.05) is 0 Å². The predicted molar refractivity (Wildman–Crippen MR) is 190 cm³/mol. The van der Waals surface area contributed by atoms with Gasteiger partial charge in [0.25, 0.3) is 0 Å². The summed E-state index contributed by atoms with van der Waals surface area (Å²) in [5.41, 5.74) is 5.32. The van der Waals surface area contributed by atoms with Crippen molar-refractivity contribution in [2.45, 2.75) is 167 Å². The number of rotatable bonds is 33. The number of phosphoric acid groups is 1. The highest BCUT2D eigenvalue weighted by molar-refractivity contribution is 7.47. The average Bonchev–Trinajstić information content (AvgIpc) is 3.03. The monoisotopic (exact) mass is 672 g/mol. The zero-order valence-electron chi connectivity index (χ0n) is 29.2. The smallest absolute Gasteiger partial charge is 0.393 e. The summed E-state index contributed by atoms with van der Waals surface area (Å²) in [6.07, 6.45) is 32.5. The van der Waals surface area contributed by atoms with Gasteiger partial charge >= 0.3 is 7.82 Å². The Kier molecular flexibility index (Phi) is 31.3. The Morgan fingerprint density at radius 1 is 0.739 bits per heavy atom. The van der Waals surface area contributed by atoms with Crippen molar-refractivity contribution in [3.63, 3.8) is 0 Å². The number of hydrogen-bond donors (Lipinski definition) is 5. The second-order valence-electron chi connectivity index (χ2n) is 12.3. The quantitative estimate of drug-likeness (QED) is 0.0266. The van der Waals surface area contributed by atoms with E-state index < -0.39 is 38.6 Å². The maximum absolute atomic E-state index is 12.7. The fourth-order valence-corrected chi connectivity index (χ4v) is 5.69. The molecule has 0 aliphatic carbocycles. The first kappa shape index (κ1) is 44.7. The van der Waals surface area contributed by atoms with E-state index in [2.05, 4.69) is 43.5 Å². The van der Waals surface area contributed by atoms with Crippen molar-refractivity contribution < 1.29 is 33.5 Å². The van der Waals surface area contributed by atoms with Crippen molar-refractivity contribution in [2.75, 3.05) is 19.8 Å². The van der Waals surface area contributed by atoms with Crippen LogP contribution in [0.25, 0.3) is 0 Å². The third-order valence-corrected chi connectivity index (χ3v) is 8.73. The number of nitrogens with two attached hydrogens (primary N) is 1. The lowest BCUT2D eigenvalue weighted by atomic mass is 10.0. The molecule has 0 aliphatic rings. The highest BCUT2D eigenvalue weighted by atomic mass is 31.2. The van der Waals surface area contributed by atoms with E-state index in [-0.39, 0.29) is 19.6 Å². The largest absolute Gasteiger partial charge is 0.472 e. The van der Waals surface area contributed by atoms with Crippen LogP contribution in [-0.2, 0) is 18.4 Å². The molecule has 1 amide bonds. The molecule has 0 saturated carbocycles. The first-order valence-corrected chi connectivity index (χ1v) is 19.7. The fourth-order valence-electron chi connectivity index (χ4n) is 4.93. The molecular formula is C36H69N2O7P. The molecule has 0 radical (unpaired) electrons. The average molecular weight is 673 g/mol. The number of phosphoric ester groups is 1. The molecule has 4 unspecified atom stereocenters. The molecule has 0 aromatic heterocycles. The van der Waals surface area contributed by atoms with E-state index >= 15 is 0 Å². The van der Waals surface area contributed by atoms with E-state index in [1.165, 1.54) is 57.8 Å². The Hall–Kier alpha value is -1.32. The Labute approximate surface area is 281 Å². The molecule has 9 nitrogen and oxygen atoms in total. The summed E-state index contributed by atoms with van der Waals surface area (Å²) in [4.78, 5) is 22.5. The number of unbranched alkanes of at least 4 members (excludes halogenated alkanes) is 15. The minimum Gasteiger partial charge on any atom is -0.393 e. The van der Waals surface area contributed by atoms with E-state index in [0.717, 1.165) is 57.8 Å². The summed E-state index contributed by atoms with van der Waals surface area (Å²) in [5.74, 6) is -0.470. The van der Waals surface area contributed by atoms with Gasteiger partial charge < -0.3 is 26.2 Å². The fraction of sp³-hybridized carbons (Fsp3) is 0.806. The van der Waals surface area contributed by atoms with Gasteiger partial charge in [0.05, 0.1) is 37.9 Å². The number of aliphatic hydroxyl groups is 2. The Morgan fingerprint density at radius 2 is 1.26 bits per heavy atom. The molecule has 0 aliphatic heterocycles. The molecule has 0 rings (SSSR count). The van der Waals surface area contributed by atoms with E-state index in [4.69, 9.17) is 14.8 Å². The summed E-state index contributed by atoms with van der Waals surface area (Å²) in [6, 6.07) is -1.000. The third kappa shape index (κ3) is 30.0.